The molecule has 1 aromatic carbocycles. The summed E-state index contributed by atoms with van der Waals surface area (Å²) in [5, 5.41) is 11.4. The van der Waals surface area contributed by atoms with Crippen molar-refractivity contribution < 1.29 is 24.1 Å². The van der Waals surface area contributed by atoms with Gasteiger partial charge in [-0.1, -0.05) is 37.6 Å². The van der Waals surface area contributed by atoms with Crippen molar-refractivity contribution in [2.75, 3.05) is 13.7 Å². The Morgan fingerprint density at radius 3 is 2.44 bits per heavy atom. The van der Waals surface area contributed by atoms with Crippen molar-refractivity contribution in [3.05, 3.63) is 41.5 Å². The molecule has 0 aromatic heterocycles. The normalized spacial score (nSPS) is 41.6. The second kappa shape index (κ2) is 9.25. The van der Waals surface area contributed by atoms with Gasteiger partial charge in [0.2, 0.25) is 0 Å². The van der Waals surface area contributed by atoms with Crippen LogP contribution < -0.4 is 4.74 Å². The van der Waals surface area contributed by atoms with Gasteiger partial charge in [-0.25, -0.2) is 0 Å². The molecule has 0 aliphatic heterocycles. The predicted octanol–water partition coefficient (Wildman–Crippen LogP) is 6.23. The lowest BCUT2D eigenvalue weighted by molar-refractivity contribution is -0.232. The van der Waals surface area contributed by atoms with E-state index in [2.05, 4.69) is 19.9 Å². The minimum absolute atomic E-state index is 0.0906. The van der Waals surface area contributed by atoms with Crippen molar-refractivity contribution in [3.8, 4) is 5.75 Å². The maximum absolute atomic E-state index is 12.8. The number of hydrogen-bond donors (Lipinski definition) is 1. The van der Waals surface area contributed by atoms with Gasteiger partial charge in [-0.05, 0) is 93.2 Å². The lowest BCUT2D eigenvalue weighted by Gasteiger charge is -2.59. The average Bonchev–Trinajstić information content (AvgIpc) is 3.18. The Balaban J connectivity index is 1.31. The highest BCUT2D eigenvalue weighted by Crippen LogP contribution is 2.68. The first kappa shape index (κ1) is 25.9. The van der Waals surface area contributed by atoms with Crippen LogP contribution in [0.3, 0.4) is 0 Å². The maximum Gasteiger partial charge on any atom is 0.169 e. The smallest absolute Gasteiger partial charge is 0.169 e. The number of aliphatic hydroxyl groups is 1. The Morgan fingerprint density at radius 2 is 1.78 bits per heavy atom. The van der Waals surface area contributed by atoms with E-state index >= 15 is 0 Å². The average molecular weight is 497 g/mol. The number of ketones is 1. The first-order valence-corrected chi connectivity index (χ1v) is 13.9. The SMILES string of the molecule is CCOc1ccc(CO[C@]2(O)CC[C@@]3(C)C(=CC[C@@H]4[C@@H]3CC[C@@]3(C)[C@H]4CC[C@]3(OC)C(C)=O)C2)cc1. The highest BCUT2D eigenvalue weighted by molar-refractivity contribution is 5.86. The van der Waals surface area contributed by atoms with Gasteiger partial charge < -0.3 is 19.3 Å². The molecule has 4 aliphatic rings. The molecule has 5 heteroatoms. The van der Waals surface area contributed by atoms with Crippen LogP contribution in [0.1, 0.15) is 84.6 Å². The van der Waals surface area contributed by atoms with Crippen molar-refractivity contribution in [1.82, 2.24) is 0 Å². The van der Waals surface area contributed by atoms with Gasteiger partial charge in [0, 0.05) is 25.4 Å². The Bertz CT molecular complexity index is 1020. The first-order valence-electron chi connectivity index (χ1n) is 13.9. The number of hydrogen-bond acceptors (Lipinski definition) is 5. The van der Waals surface area contributed by atoms with Crippen molar-refractivity contribution in [2.45, 2.75) is 97.1 Å². The fourth-order valence-corrected chi connectivity index (χ4v) is 8.86. The third kappa shape index (κ3) is 3.88. The number of carbonyl (C=O) groups is 1. The van der Waals surface area contributed by atoms with E-state index in [0.29, 0.717) is 43.8 Å². The zero-order chi connectivity index (χ0) is 25.8. The van der Waals surface area contributed by atoms with Crippen molar-refractivity contribution in [3.63, 3.8) is 0 Å². The molecule has 3 saturated carbocycles. The Kier molecular flexibility index (Phi) is 6.67. The van der Waals surface area contributed by atoms with Crippen LogP contribution in [0.5, 0.6) is 5.75 Å². The van der Waals surface area contributed by atoms with Crippen LogP contribution in [0, 0.1) is 28.6 Å². The summed E-state index contributed by atoms with van der Waals surface area (Å²) in [4.78, 5) is 12.8. The number of ether oxygens (including phenoxy) is 3. The van der Waals surface area contributed by atoms with E-state index in [-0.39, 0.29) is 16.6 Å². The van der Waals surface area contributed by atoms with Gasteiger partial charge >= 0.3 is 0 Å². The summed E-state index contributed by atoms with van der Waals surface area (Å²) >= 11 is 0. The van der Waals surface area contributed by atoms with Crippen LogP contribution in [0.25, 0.3) is 0 Å². The van der Waals surface area contributed by atoms with Crippen LogP contribution in [-0.2, 0) is 20.9 Å². The van der Waals surface area contributed by atoms with E-state index in [1.807, 2.05) is 31.2 Å². The molecule has 0 radical (unpaired) electrons. The Hall–Kier alpha value is -1.69. The van der Waals surface area contributed by atoms with Gasteiger partial charge in [0.15, 0.2) is 11.6 Å². The molecular formula is C31H44O5. The molecule has 7 atom stereocenters. The van der Waals surface area contributed by atoms with Crippen LogP contribution in [-0.4, -0.2) is 36.0 Å². The molecule has 5 nitrogen and oxygen atoms in total. The summed E-state index contributed by atoms with van der Waals surface area (Å²) in [6, 6.07) is 7.93. The van der Waals surface area contributed by atoms with Gasteiger partial charge in [-0.2, -0.15) is 0 Å². The Morgan fingerprint density at radius 1 is 1.06 bits per heavy atom. The molecular weight excluding hydrogens is 452 g/mol. The minimum Gasteiger partial charge on any atom is -0.494 e. The monoisotopic (exact) mass is 496 g/mol. The third-order valence-corrected chi connectivity index (χ3v) is 10.9. The number of allylic oxidation sites excluding steroid dienone is 1. The fraction of sp³-hybridized carbons (Fsp3) is 0.710. The zero-order valence-corrected chi connectivity index (χ0v) is 22.8. The Labute approximate surface area is 216 Å². The summed E-state index contributed by atoms with van der Waals surface area (Å²) in [6.45, 7) is 9.48. The fourth-order valence-electron chi connectivity index (χ4n) is 8.86. The first-order chi connectivity index (χ1) is 17.1. The standard InChI is InChI=1S/C31H44O5/c1-6-35-24-10-7-22(8-11-24)20-36-30(33)18-17-28(3)23(19-30)9-12-25-26(28)13-15-29(4)27(25)14-16-31(29,34-5)21(2)32/h7-11,25-27,33H,6,12-20H2,1-5H3/t25-,26+,27+,28+,29+,30-,31+/m1/s1. The number of Topliss-reactive ketones (excluding diaryl/α,β-unsaturated/α-hetero) is 1. The largest absolute Gasteiger partial charge is 0.494 e. The van der Waals surface area contributed by atoms with Gasteiger partial charge in [-0.3, -0.25) is 4.79 Å². The zero-order valence-electron chi connectivity index (χ0n) is 22.8. The molecule has 1 aromatic rings. The summed E-state index contributed by atoms with van der Waals surface area (Å²) in [6.07, 6.45) is 9.68. The molecule has 198 valence electrons. The van der Waals surface area contributed by atoms with Crippen molar-refractivity contribution >= 4 is 5.78 Å². The minimum atomic E-state index is -1.12. The topological polar surface area (TPSA) is 65.0 Å². The highest BCUT2D eigenvalue weighted by atomic mass is 16.6. The molecule has 0 heterocycles. The summed E-state index contributed by atoms with van der Waals surface area (Å²) in [7, 11) is 1.73. The molecule has 0 amide bonds. The van der Waals surface area contributed by atoms with Gasteiger partial charge in [0.1, 0.15) is 11.4 Å². The summed E-state index contributed by atoms with van der Waals surface area (Å²) < 4.78 is 17.7. The number of rotatable bonds is 7. The molecule has 0 saturated heterocycles. The second-order valence-electron chi connectivity index (χ2n) is 12.3. The van der Waals surface area contributed by atoms with Gasteiger partial charge in [-0.15, -0.1) is 0 Å². The van der Waals surface area contributed by atoms with E-state index < -0.39 is 11.4 Å². The lowest BCUT2D eigenvalue weighted by atomic mass is 9.46. The van der Waals surface area contributed by atoms with E-state index in [9.17, 15) is 9.90 Å². The molecule has 1 N–H and O–H groups in total. The van der Waals surface area contributed by atoms with E-state index in [0.717, 1.165) is 49.8 Å². The molecule has 4 aliphatic carbocycles. The van der Waals surface area contributed by atoms with Crippen molar-refractivity contribution in [1.29, 1.82) is 0 Å². The quantitative estimate of drug-likeness (QED) is 0.358. The van der Waals surface area contributed by atoms with Crippen LogP contribution >= 0.6 is 0 Å². The number of fused-ring (bicyclic) bond motifs is 5. The third-order valence-electron chi connectivity index (χ3n) is 10.9. The highest BCUT2D eigenvalue weighted by Gasteiger charge is 2.66. The number of benzene rings is 1. The van der Waals surface area contributed by atoms with E-state index in [4.69, 9.17) is 14.2 Å². The lowest BCUT2D eigenvalue weighted by Crippen LogP contribution is -2.58. The summed E-state index contributed by atoms with van der Waals surface area (Å²) in [5.41, 5.74) is 1.78. The van der Waals surface area contributed by atoms with Crippen LogP contribution in [0.2, 0.25) is 0 Å². The second-order valence-corrected chi connectivity index (χ2v) is 12.3. The van der Waals surface area contributed by atoms with Gasteiger partial charge in [0.25, 0.3) is 0 Å². The van der Waals surface area contributed by atoms with E-state index in [1.165, 1.54) is 5.57 Å². The molecule has 0 unspecified atom stereocenters. The van der Waals surface area contributed by atoms with Crippen LogP contribution in [0.4, 0.5) is 0 Å². The molecule has 0 spiro atoms. The molecule has 36 heavy (non-hydrogen) atoms. The molecule has 3 fully saturated rings. The predicted molar refractivity (Wildman–Crippen MR) is 139 cm³/mol. The molecule has 0 bridgehead atoms. The van der Waals surface area contributed by atoms with Crippen molar-refractivity contribution in [2.24, 2.45) is 28.6 Å². The maximum atomic E-state index is 12.8. The van der Waals surface area contributed by atoms with Crippen LogP contribution in [0.15, 0.2) is 35.9 Å². The van der Waals surface area contributed by atoms with Gasteiger partial charge in [0.05, 0.1) is 13.2 Å². The summed E-state index contributed by atoms with van der Waals surface area (Å²) in [5.74, 6) is 1.60. The number of methoxy groups -OCH3 is 1. The van der Waals surface area contributed by atoms with E-state index in [1.54, 1.807) is 14.0 Å². The number of carbonyl (C=O) groups excluding carboxylic acids is 1. The molecule has 5 rings (SSSR count).